The summed E-state index contributed by atoms with van der Waals surface area (Å²) in [5.41, 5.74) is 0.943. The van der Waals surface area contributed by atoms with E-state index in [0.29, 0.717) is 12.4 Å². The van der Waals surface area contributed by atoms with E-state index >= 15 is 0 Å². The van der Waals surface area contributed by atoms with Crippen LogP contribution in [0.4, 0.5) is 5.82 Å². The first kappa shape index (κ1) is 15.5. The predicted molar refractivity (Wildman–Crippen MR) is 80.9 cm³/mol. The van der Waals surface area contributed by atoms with Crippen LogP contribution in [0.25, 0.3) is 0 Å². The number of anilines is 1. The van der Waals surface area contributed by atoms with Crippen molar-refractivity contribution in [2.75, 3.05) is 18.4 Å². The minimum absolute atomic E-state index is 0.0299. The van der Waals surface area contributed by atoms with Gasteiger partial charge >= 0.3 is 0 Å². The van der Waals surface area contributed by atoms with Crippen molar-refractivity contribution in [2.24, 2.45) is 5.92 Å². The number of aromatic amines is 1. The Morgan fingerprint density at radius 1 is 1.43 bits per heavy atom. The number of rotatable bonds is 2. The molecule has 1 aromatic rings. The zero-order valence-corrected chi connectivity index (χ0v) is 13.2. The first-order valence-electron chi connectivity index (χ1n) is 7.39. The van der Waals surface area contributed by atoms with Gasteiger partial charge in [0.25, 0.3) is 0 Å². The van der Waals surface area contributed by atoms with Crippen molar-refractivity contribution in [3.63, 3.8) is 0 Å². The van der Waals surface area contributed by atoms with E-state index in [-0.39, 0.29) is 23.1 Å². The van der Waals surface area contributed by atoms with Gasteiger partial charge in [0.05, 0.1) is 5.92 Å². The molecule has 6 nitrogen and oxygen atoms in total. The van der Waals surface area contributed by atoms with E-state index in [2.05, 4.69) is 36.3 Å². The van der Waals surface area contributed by atoms with Gasteiger partial charge in [-0.2, -0.15) is 5.10 Å². The molecule has 2 amide bonds. The number of carbonyl (C=O) groups is 2. The Morgan fingerprint density at radius 2 is 2.14 bits per heavy atom. The zero-order valence-electron chi connectivity index (χ0n) is 13.2. The van der Waals surface area contributed by atoms with Crippen molar-refractivity contribution in [2.45, 2.75) is 46.0 Å². The molecule has 116 valence electrons. The van der Waals surface area contributed by atoms with Crippen LogP contribution < -0.4 is 5.32 Å². The number of nitrogens with zero attached hydrogens (tertiary/aromatic N) is 2. The molecule has 21 heavy (non-hydrogen) atoms. The predicted octanol–water partition coefficient (Wildman–Crippen LogP) is 1.90. The highest BCUT2D eigenvalue weighted by Gasteiger charge is 2.27. The summed E-state index contributed by atoms with van der Waals surface area (Å²) >= 11 is 0. The summed E-state index contributed by atoms with van der Waals surface area (Å²) in [6.07, 6.45) is 1.68. The lowest BCUT2D eigenvalue weighted by molar-refractivity contribution is -0.132. The lowest BCUT2D eigenvalue weighted by Gasteiger charge is -2.31. The molecule has 1 aliphatic rings. The third kappa shape index (κ3) is 3.83. The van der Waals surface area contributed by atoms with Crippen LogP contribution in [0, 0.1) is 5.92 Å². The van der Waals surface area contributed by atoms with Crippen LogP contribution in [0.2, 0.25) is 0 Å². The number of hydrogen-bond donors (Lipinski definition) is 2. The average Bonchev–Trinajstić information content (AvgIpc) is 2.87. The summed E-state index contributed by atoms with van der Waals surface area (Å²) in [7, 11) is 0. The summed E-state index contributed by atoms with van der Waals surface area (Å²) < 4.78 is 0. The molecule has 0 aromatic carbocycles. The molecule has 0 radical (unpaired) electrons. The SMILES string of the molecule is CC(=O)N1CCCC(C(=O)Nc2cc(C(C)(C)C)[nH]n2)C1. The summed E-state index contributed by atoms with van der Waals surface area (Å²) in [5, 5.41) is 9.93. The summed E-state index contributed by atoms with van der Waals surface area (Å²) in [6, 6.07) is 1.86. The van der Waals surface area contributed by atoms with Gasteiger partial charge in [-0.05, 0) is 12.8 Å². The van der Waals surface area contributed by atoms with Crippen LogP contribution in [0.15, 0.2) is 6.07 Å². The van der Waals surface area contributed by atoms with Crippen molar-refractivity contribution >= 4 is 17.6 Å². The normalized spacial score (nSPS) is 19.4. The summed E-state index contributed by atoms with van der Waals surface area (Å²) in [5.74, 6) is 0.359. The molecule has 1 atom stereocenters. The Morgan fingerprint density at radius 3 is 2.71 bits per heavy atom. The van der Waals surface area contributed by atoms with Crippen LogP contribution in [0.3, 0.4) is 0 Å². The molecule has 1 aromatic heterocycles. The second-order valence-electron chi connectivity index (χ2n) is 6.71. The van der Waals surface area contributed by atoms with Gasteiger partial charge in [-0.1, -0.05) is 20.8 Å². The van der Waals surface area contributed by atoms with Gasteiger partial charge < -0.3 is 10.2 Å². The number of nitrogens with one attached hydrogen (secondary N) is 2. The maximum atomic E-state index is 12.3. The van der Waals surface area contributed by atoms with Gasteiger partial charge in [-0.3, -0.25) is 14.7 Å². The standard InChI is InChI=1S/C15H24N4O2/c1-10(20)19-7-5-6-11(9-19)14(21)16-13-8-12(17-18-13)15(2,3)4/h8,11H,5-7,9H2,1-4H3,(H2,16,17,18,21). The van der Waals surface area contributed by atoms with Crippen LogP contribution in [-0.2, 0) is 15.0 Å². The molecule has 0 aliphatic carbocycles. The van der Waals surface area contributed by atoms with E-state index in [4.69, 9.17) is 0 Å². The minimum Gasteiger partial charge on any atom is -0.342 e. The van der Waals surface area contributed by atoms with Crippen LogP contribution in [0.1, 0.15) is 46.2 Å². The van der Waals surface area contributed by atoms with Gasteiger partial charge in [0.15, 0.2) is 5.82 Å². The van der Waals surface area contributed by atoms with Crippen LogP contribution >= 0.6 is 0 Å². The van der Waals surface area contributed by atoms with Crippen molar-refractivity contribution in [1.82, 2.24) is 15.1 Å². The first-order valence-corrected chi connectivity index (χ1v) is 7.39. The maximum Gasteiger partial charge on any atom is 0.230 e. The van der Waals surface area contributed by atoms with E-state index in [1.54, 1.807) is 11.8 Å². The zero-order chi connectivity index (χ0) is 15.6. The number of aromatic nitrogens is 2. The van der Waals surface area contributed by atoms with Crippen LogP contribution in [-0.4, -0.2) is 40.0 Å². The van der Waals surface area contributed by atoms with E-state index in [1.807, 2.05) is 6.07 Å². The van der Waals surface area contributed by atoms with E-state index in [9.17, 15) is 9.59 Å². The number of hydrogen-bond acceptors (Lipinski definition) is 3. The lowest BCUT2D eigenvalue weighted by atomic mass is 9.92. The maximum absolute atomic E-state index is 12.3. The summed E-state index contributed by atoms with van der Waals surface area (Å²) in [4.78, 5) is 25.4. The van der Waals surface area contributed by atoms with E-state index < -0.39 is 0 Å². The molecular formula is C15H24N4O2. The molecular weight excluding hydrogens is 268 g/mol. The van der Waals surface area contributed by atoms with Gasteiger partial charge in [0.2, 0.25) is 11.8 Å². The molecule has 0 saturated carbocycles. The number of piperidine rings is 1. The Kier molecular flexibility index (Phi) is 4.34. The third-order valence-corrected chi connectivity index (χ3v) is 3.87. The highest BCUT2D eigenvalue weighted by atomic mass is 16.2. The number of H-pyrrole nitrogens is 1. The number of likely N-dealkylation sites (tertiary alicyclic amines) is 1. The van der Waals surface area contributed by atoms with Crippen molar-refractivity contribution in [1.29, 1.82) is 0 Å². The molecule has 1 fully saturated rings. The first-order chi connectivity index (χ1) is 9.77. The lowest BCUT2D eigenvalue weighted by Crippen LogP contribution is -2.42. The second kappa shape index (κ2) is 5.87. The molecule has 1 unspecified atom stereocenters. The van der Waals surface area contributed by atoms with Gasteiger partial charge in [0, 0.05) is 37.2 Å². The van der Waals surface area contributed by atoms with Crippen molar-refractivity contribution in [3.05, 3.63) is 11.8 Å². The summed E-state index contributed by atoms with van der Waals surface area (Å²) in [6.45, 7) is 9.03. The molecule has 0 spiro atoms. The fourth-order valence-corrected chi connectivity index (χ4v) is 2.48. The van der Waals surface area contributed by atoms with Crippen molar-refractivity contribution in [3.8, 4) is 0 Å². The molecule has 2 N–H and O–H groups in total. The number of carbonyl (C=O) groups excluding carboxylic acids is 2. The average molecular weight is 292 g/mol. The Hall–Kier alpha value is -1.85. The fraction of sp³-hybridized carbons (Fsp3) is 0.667. The minimum atomic E-state index is -0.155. The quantitative estimate of drug-likeness (QED) is 0.874. The smallest absolute Gasteiger partial charge is 0.230 e. The van der Waals surface area contributed by atoms with Crippen molar-refractivity contribution < 1.29 is 9.59 Å². The molecule has 2 rings (SSSR count). The monoisotopic (exact) mass is 292 g/mol. The molecule has 6 heteroatoms. The molecule has 1 saturated heterocycles. The molecule has 0 bridgehead atoms. The van der Waals surface area contributed by atoms with E-state index in [1.165, 1.54) is 0 Å². The van der Waals surface area contributed by atoms with Gasteiger partial charge in [-0.25, -0.2) is 0 Å². The van der Waals surface area contributed by atoms with E-state index in [0.717, 1.165) is 25.1 Å². The Labute approximate surface area is 125 Å². The number of amides is 2. The van der Waals surface area contributed by atoms with Gasteiger partial charge in [-0.15, -0.1) is 0 Å². The third-order valence-electron chi connectivity index (χ3n) is 3.87. The highest BCUT2D eigenvalue weighted by Crippen LogP contribution is 2.23. The second-order valence-corrected chi connectivity index (χ2v) is 6.71. The molecule has 1 aliphatic heterocycles. The molecule has 2 heterocycles. The topological polar surface area (TPSA) is 78.1 Å². The fourth-order valence-electron chi connectivity index (χ4n) is 2.48. The highest BCUT2D eigenvalue weighted by molar-refractivity contribution is 5.92. The Bertz CT molecular complexity index is 530. The van der Waals surface area contributed by atoms with Crippen LogP contribution in [0.5, 0.6) is 0 Å². The largest absolute Gasteiger partial charge is 0.342 e. The Balaban J connectivity index is 1.98. The van der Waals surface area contributed by atoms with Gasteiger partial charge in [0.1, 0.15) is 0 Å².